The van der Waals surface area contributed by atoms with E-state index >= 15 is 0 Å². The summed E-state index contributed by atoms with van der Waals surface area (Å²) in [6.07, 6.45) is 2.66. The maximum atomic E-state index is 4.08. The van der Waals surface area contributed by atoms with Gasteiger partial charge >= 0.3 is 0 Å². The van der Waals surface area contributed by atoms with Crippen molar-refractivity contribution in [1.82, 2.24) is 20.5 Å². The summed E-state index contributed by atoms with van der Waals surface area (Å²) in [4.78, 5) is 4.08. The highest BCUT2D eigenvalue weighted by atomic mass is 32.2. The molecule has 1 rings (SSSR count). The van der Waals surface area contributed by atoms with Crippen LogP contribution < -0.4 is 5.32 Å². The van der Waals surface area contributed by atoms with Gasteiger partial charge in [-0.3, -0.25) is 5.10 Å². The molecule has 1 aromatic rings. The molecular weight excluding hydrogens is 184 g/mol. The van der Waals surface area contributed by atoms with Crippen LogP contribution in [0.5, 0.6) is 0 Å². The molecule has 0 amide bonds. The molecule has 5 heteroatoms. The minimum absolute atomic E-state index is 0.503. The summed E-state index contributed by atoms with van der Waals surface area (Å²) in [7, 11) is 1.99. The lowest BCUT2D eigenvalue weighted by molar-refractivity contribution is 0.541. The summed E-state index contributed by atoms with van der Waals surface area (Å²) < 4.78 is 0. The fourth-order valence-corrected chi connectivity index (χ4v) is 2.34. The van der Waals surface area contributed by atoms with Crippen LogP contribution in [0.25, 0.3) is 0 Å². The normalized spacial score (nSPS) is 15.6. The summed E-state index contributed by atoms with van der Waals surface area (Å²) in [6.45, 7) is 4.37. The zero-order valence-corrected chi connectivity index (χ0v) is 9.06. The molecule has 0 spiro atoms. The molecule has 74 valence electrons. The topological polar surface area (TPSA) is 53.6 Å². The van der Waals surface area contributed by atoms with Gasteiger partial charge in [-0.1, -0.05) is 25.6 Å². The average molecular weight is 200 g/mol. The minimum atomic E-state index is 0.503. The molecule has 0 aromatic carbocycles. The maximum Gasteiger partial charge on any atom is 0.183 e. The van der Waals surface area contributed by atoms with Crippen LogP contribution in [0.3, 0.4) is 0 Å². The smallest absolute Gasteiger partial charge is 0.183 e. The molecule has 0 saturated heterocycles. The van der Waals surface area contributed by atoms with E-state index in [0.717, 1.165) is 11.6 Å². The zero-order valence-electron chi connectivity index (χ0n) is 8.24. The average Bonchev–Trinajstić information content (AvgIpc) is 2.59. The van der Waals surface area contributed by atoms with Gasteiger partial charge in [-0.25, -0.2) is 4.98 Å². The number of hydrogen-bond acceptors (Lipinski definition) is 4. The molecular formula is C8H16N4S. The van der Waals surface area contributed by atoms with E-state index in [4.69, 9.17) is 0 Å². The van der Waals surface area contributed by atoms with Gasteiger partial charge in [0.1, 0.15) is 6.33 Å². The SMILES string of the molecule is CCC(NC)C(C)Sc1ncn[nH]1. The van der Waals surface area contributed by atoms with E-state index in [1.165, 1.54) is 6.33 Å². The van der Waals surface area contributed by atoms with Crippen LogP contribution in [0.4, 0.5) is 0 Å². The van der Waals surface area contributed by atoms with Crippen LogP contribution in [-0.4, -0.2) is 33.5 Å². The predicted octanol–water partition coefficient (Wildman–Crippen LogP) is 1.28. The van der Waals surface area contributed by atoms with Gasteiger partial charge in [0.25, 0.3) is 0 Å². The van der Waals surface area contributed by atoms with Gasteiger partial charge in [0, 0.05) is 11.3 Å². The summed E-state index contributed by atoms with van der Waals surface area (Å²) >= 11 is 1.72. The van der Waals surface area contributed by atoms with Crippen molar-refractivity contribution in [3.05, 3.63) is 6.33 Å². The Balaban J connectivity index is 2.44. The van der Waals surface area contributed by atoms with Gasteiger partial charge in [0.2, 0.25) is 0 Å². The van der Waals surface area contributed by atoms with Gasteiger partial charge in [0.05, 0.1) is 0 Å². The Bertz CT molecular complexity index is 220. The van der Waals surface area contributed by atoms with E-state index in [-0.39, 0.29) is 0 Å². The number of nitrogens with one attached hydrogen (secondary N) is 2. The van der Waals surface area contributed by atoms with Gasteiger partial charge in [-0.2, -0.15) is 5.10 Å². The van der Waals surface area contributed by atoms with E-state index in [2.05, 4.69) is 34.3 Å². The third-order valence-electron chi connectivity index (χ3n) is 2.07. The van der Waals surface area contributed by atoms with Crippen LogP contribution in [0, 0.1) is 0 Å². The van der Waals surface area contributed by atoms with Crippen molar-refractivity contribution in [3.8, 4) is 0 Å². The monoisotopic (exact) mass is 200 g/mol. The lowest BCUT2D eigenvalue weighted by atomic mass is 10.2. The largest absolute Gasteiger partial charge is 0.316 e. The second-order valence-electron chi connectivity index (χ2n) is 2.92. The number of nitrogens with zero attached hydrogens (tertiary/aromatic N) is 2. The number of aromatic amines is 1. The lowest BCUT2D eigenvalue weighted by Crippen LogP contribution is -2.33. The Morgan fingerprint density at radius 1 is 1.69 bits per heavy atom. The first-order valence-electron chi connectivity index (χ1n) is 4.47. The van der Waals surface area contributed by atoms with Crippen LogP contribution in [0.1, 0.15) is 20.3 Å². The molecule has 2 atom stereocenters. The molecule has 0 fully saturated rings. The van der Waals surface area contributed by atoms with Gasteiger partial charge in [-0.15, -0.1) is 0 Å². The van der Waals surface area contributed by atoms with Gasteiger partial charge in [-0.05, 0) is 13.5 Å². The Labute approximate surface area is 82.9 Å². The molecule has 1 heterocycles. The highest BCUT2D eigenvalue weighted by molar-refractivity contribution is 7.99. The van der Waals surface area contributed by atoms with Crippen molar-refractivity contribution in [2.75, 3.05) is 7.05 Å². The molecule has 2 N–H and O–H groups in total. The van der Waals surface area contributed by atoms with Crippen LogP contribution in [0.2, 0.25) is 0 Å². The number of hydrogen-bond donors (Lipinski definition) is 2. The predicted molar refractivity (Wildman–Crippen MR) is 54.8 cm³/mol. The first kappa shape index (κ1) is 10.5. The van der Waals surface area contributed by atoms with Crippen LogP contribution >= 0.6 is 11.8 Å². The lowest BCUT2D eigenvalue weighted by Gasteiger charge is -2.20. The fourth-order valence-electron chi connectivity index (χ4n) is 1.28. The van der Waals surface area contributed by atoms with E-state index in [9.17, 15) is 0 Å². The minimum Gasteiger partial charge on any atom is -0.316 e. The first-order valence-corrected chi connectivity index (χ1v) is 5.35. The Morgan fingerprint density at radius 2 is 2.46 bits per heavy atom. The molecule has 2 unspecified atom stereocenters. The molecule has 0 aliphatic heterocycles. The first-order chi connectivity index (χ1) is 6.27. The summed E-state index contributed by atoms with van der Waals surface area (Å²) in [5.74, 6) is 0. The Hall–Kier alpha value is -0.550. The number of rotatable bonds is 5. The van der Waals surface area contributed by atoms with Crippen molar-refractivity contribution in [2.24, 2.45) is 0 Å². The van der Waals surface area contributed by atoms with Gasteiger partial charge < -0.3 is 5.32 Å². The molecule has 4 nitrogen and oxygen atoms in total. The fraction of sp³-hybridized carbons (Fsp3) is 0.750. The number of thioether (sulfide) groups is 1. The van der Waals surface area contributed by atoms with Crippen molar-refractivity contribution < 1.29 is 0 Å². The van der Waals surface area contributed by atoms with Crippen molar-refractivity contribution in [1.29, 1.82) is 0 Å². The maximum absolute atomic E-state index is 4.08. The molecule has 0 aliphatic carbocycles. The molecule has 1 aromatic heterocycles. The van der Waals surface area contributed by atoms with Crippen molar-refractivity contribution in [2.45, 2.75) is 36.7 Å². The third kappa shape index (κ3) is 3.00. The van der Waals surface area contributed by atoms with Crippen LogP contribution in [0.15, 0.2) is 11.5 Å². The molecule has 0 aliphatic rings. The zero-order chi connectivity index (χ0) is 9.68. The summed E-state index contributed by atoms with van der Waals surface area (Å²) in [5, 5.41) is 11.3. The number of H-pyrrole nitrogens is 1. The molecule has 13 heavy (non-hydrogen) atoms. The van der Waals surface area contributed by atoms with Gasteiger partial charge in [0.15, 0.2) is 5.16 Å². The molecule has 0 saturated carbocycles. The summed E-state index contributed by atoms with van der Waals surface area (Å²) in [5.41, 5.74) is 0. The van der Waals surface area contributed by atoms with E-state index in [0.29, 0.717) is 11.3 Å². The highest BCUT2D eigenvalue weighted by Gasteiger charge is 2.15. The number of aromatic nitrogens is 3. The van der Waals surface area contributed by atoms with Crippen LogP contribution in [-0.2, 0) is 0 Å². The summed E-state index contributed by atoms with van der Waals surface area (Å²) in [6, 6.07) is 0.523. The van der Waals surface area contributed by atoms with Crippen molar-refractivity contribution >= 4 is 11.8 Å². The van der Waals surface area contributed by atoms with E-state index in [1.807, 2.05) is 7.05 Å². The standard InChI is InChI=1S/C8H16N4S/c1-4-7(9-3)6(2)13-8-10-5-11-12-8/h5-7,9H,4H2,1-3H3,(H,10,11,12). The van der Waals surface area contributed by atoms with E-state index in [1.54, 1.807) is 11.8 Å². The quantitative estimate of drug-likeness (QED) is 0.703. The second-order valence-corrected chi connectivity index (χ2v) is 4.28. The Morgan fingerprint density at radius 3 is 2.92 bits per heavy atom. The molecule has 0 radical (unpaired) electrons. The van der Waals surface area contributed by atoms with Crippen molar-refractivity contribution in [3.63, 3.8) is 0 Å². The highest BCUT2D eigenvalue weighted by Crippen LogP contribution is 2.21. The molecule has 0 bridgehead atoms. The second kappa shape index (κ2) is 5.24. The third-order valence-corrected chi connectivity index (χ3v) is 3.19. The Kier molecular flexibility index (Phi) is 4.24. The van der Waals surface area contributed by atoms with E-state index < -0.39 is 0 Å².